The van der Waals surface area contributed by atoms with Crippen molar-refractivity contribution < 1.29 is 4.74 Å². The van der Waals surface area contributed by atoms with Crippen LogP contribution in [0.3, 0.4) is 0 Å². The Bertz CT molecular complexity index is 1220. The molecule has 6 nitrogen and oxygen atoms in total. The predicted molar refractivity (Wildman–Crippen MR) is 126 cm³/mol. The number of aromatic amines is 1. The Balaban J connectivity index is 0.00000256. The molecule has 0 bridgehead atoms. The van der Waals surface area contributed by atoms with Crippen LogP contribution in [0.15, 0.2) is 40.6 Å². The molecule has 1 N–H and O–H groups in total. The van der Waals surface area contributed by atoms with Gasteiger partial charge in [0.15, 0.2) is 5.82 Å². The van der Waals surface area contributed by atoms with E-state index in [0.717, 1.165) is 46.2 Å². The van der Waals surface area contributed by atoms with Crippen LogP contribution in [0.2, 0.25) is 0 Å². The van der Waals surface area contributed by atoms with E-state index in [-0.39, 0.29) is 18.0 Å². The number of fused-ring (bicyclic) bond motifs is 2. The molecule has 0 atom stereocenters. The number of ether oxygens (including phenoxy) is 1. The first-order valence-electron chi connectivity index (χ1n) is 9.60. The maximum Gasteiger partial charge on any atom is 0.259 e. The minimum Gasteiger partial charge on any atom is -0.383 e. The van der Waals surface area contributed by atoms with Crippen LogP contribution in [0.4, 0.5) is 0 Å². The number of benzene rings is 1. The highest BCUT2D eigenvalue weighted by Gasteiger charge is 2.12. The average molecular weight is 445 g/mol. The van der Waals surface area contributed by atoms with E-state index in [1.54, 1.807) is 18.4 Å². The Morgan fingerprint density at radius 3 is 2.87 bits per heavy atom. The van der Waals surface area contributed by atoms with Crippen molar-refractivity contribution in [2.45, 2.75) is 13.3 Å². The first-order chi connectivity index (χ1) is 14.0. The minimum atomic E-state index is -0.129. The van der Waals surface area contributed by atoms with E-state index in [1.807, 2.05) is 36.7 Å². The minimum absolute atomic E-state index is 0. The van der Waals surface area contributed by atoms with Gasteiger partial charge in [-0.3, -0.25) is 9.78 Å². The molecular weight excluding hydrogens is 420 g/mol. The van der Waals surface area contributed by atoms with Crippen molar-refractivity contribution in [3.8, 4) is 11.5 Å². The SMILES string of the molecule is COCCN(C)CCc1cc(C)c2nc(-c3cc4sccc4cn3)[nH]c(=O)c2c1.Cl. The molecule has 0 saturated carbocycles. The van der Waals surface area contributed by atoms with Crippen LogP contribution in [-0.4, -0.2) is 53.7 Å². The van der Waals surface area contributed by atoms with E-state index in [1.165, 1.54) is 0 Å². The maximum absolute atomic E-state index is 12.8. The Morgan fingerprint density at radius 1 is 1.23 bits per heavy atom. The van der Waals surface area contributed by atoms with Crippen LogP contribution >= 0.6 is 23.7 Å². The molecule has 0 aliphatic rings. The summed E-state index contributed by atoms with van der Waals surface area (Å²) >= 11 is 1.65. The van der Waals surface area contributed by atoms with Crippen molar-refractivity contribution in [2.75, 3.05) is 33.9 Å². The molecule has 0 unspecified atom stereocenters. The largest absolute Gasteiger partial charge is 0.383 e. The van der Waals surface area contributed by atoms with Crippen LogP contribution in [0, 0.1) is 6.92 Å². The Morgan fingerprint density at radius 2 is 2.07 bits per heavy atom. The third-order valence-corrected chi connectivity index (χ3v) is 5.98. The van der Waals surface area contributed by atoms with Crippen molar-refractivity contribution in [1.29, 1.82) is 0 Å². The third-order valence-electron chi connectivity index (χ3n) is 5.10. The number of pyridine rings is 1. The summed E-state index contributed by atoms with van der Waals surface area (Å²) in [5, 5.41) is 3.75. The second kappa shape index (κ2) is 9.66. The number of methoxy groups -OCH3 is 1. The van der Waals surface area contributed by atoms with Gasteiger partial charge in [-0.25, -0.2) is 4.98 Å². The molecule has 1 aromatic carbocycles. The molecule has 8 heteroatoms. The van der Waals surface area contributed by atoms with Crippen molar-refractivity contribution in [3.05, 3.63) is 57.3 Å². The number of aryl methyl sites for hydroxylation is 1. The van der Waals surface area contributed by atoms with Gasteiger partial charge in [-0.2, -0.15) is 0 Å². The summed E-state index contributed by atoms with van der Waals surface area (Å²) in [7, 11) is 3.78. The summed E-state index contributed by atoms with van der Waals surface area (Å²) in [6, 6.07) is 8.09. The van der Waals surface area contributed by atoms with E-state index in [4.69, 9.17) is 9.72 Å². The Kier molecular flexibility index (Phi) is 7.20. The van der Waals surface area contributed by atoms with Crippen molar-refractivity contribution in [3.63, 3.8) is 0 Å². The third kappa shape index (κ3) is 4.70. The molecule has 3 heterocycles. The lowest BCUT2D eigenvalue weighted by molar-refractivity contribution is 0.162. The summed E-state index contributed by atoms with van der Waals surface area (Å²) < 4.78 is 6.25. The van der Waals surface area contributed by atoms with E-state index in [2.05, 4.69) is 28.0 Å². The maximum atomic E-state index is 12.8. The van der Waals surface area contributed by atoms with Crippen molar-refractivity contribution in [2.24, 2.45) is 0 Å². The predicted octanol–water partition coefficient (Wildman–Crippen LogP) is 4.05. The highest BCUT2D eigenvalue weighted by Crippen LogP contribution is 2.25. The van der Waals surface area contributed by atoms with Gasteiger partial charge in [0.05, 0.1) is 17.5 Å². The van der Waals surface area contributed by atoms with Crippen LogP contribution in [-0.2, 0) is 11.2 Å². The molecule has 0 spiro atoms. The molecule has 30 heavy (non-hydrogen) atoms. The summed E-state index contributed by atoms with van der Waals surface area (Å²) in [6.45, 7) is 4.51. The fourth-order valence-electron chi connectivity index (χ4n) is 3.42. The number of hydrogen-bond donors (Lipinski definition) is 1. The molecule has 0 amide bonds. The first kappa shape index (κ1) is 22.4. The first-order valence-corrected chi connectivity index (χ1v) is 10.5. The zero-order chi connectivity index (χ0) is 20.4. The van der Waals surface area contributed by atoms with Gasteiger partial charge in [-0.05, 0) is 55.1 Å². The number of nitrogens with one attached hydrogen (secondary N) is 1. The van der Waals surface area contributed by atoms with Gasteiger partial charge in [0, 0.05) is 36.5 Å². The molecule has 0 aliphatic carbocycles. The number of hydrogen-bond acceptors (Lipinski definition) is 6. The topological polar surface area (TPSA) is 71.1 Å². The molecule has 3 aromatic heterocycles. The Labute approximate surface area is 185 Å². The number of thiophene rings is 1. The molecule has 0 aliphatic heterocycles. The van der Waals surface area contributed by atoms with Gasteiger partial charge in [0.2, 0.25) is 0 Å². The summed E-state index contributed by atoms with van der Waals surface area (Å²) in [5.41, 5.74) is 3.42. The van der Waals surface area contributed by atoms with Crippen molar-refractivity contribution >= 4 is 44.7 Å². The van der Waals surface area contributed by atoms with Gasteiger partial charge in [0.1, 0.15) is 5.69 Å². The zero-order valence-electron chi connectivity index (χ0n) is 17.3. The molecule has 0 radical (unpaired) electrons. The molecule has 4 aromatic rings. The number of H-pyrrole nitrogens is 1. The van der Waals surface area contributed by atoms with Crippen LogP contribution in [0.5, 0.6) is 0 Å². The number of likely N-dealkylation sites (N-methyl/N-ethyl adjacent to an activating group) is 1. The molecular formula is C22H25ClN4O2S. The summed E-state index contributed by atoms with van der Waals surface area (Å²) in [5.74, 6) is 0.507. The summed E-state index contributed by atoms with van der Waals surface area (Å²) in [4.78, 5) is 27.2. The van der Waals surface area contributed by atoms with E-state index in [0.29, 0.717) is 23.5 Å². The van der Waals surface area contributed by atoms with Crippen LogP contribution in [0.1, 0.15) is 11.1 Å². The summed E-state index contributed by atoms with van der Waals surface area (Å²) in [6.07, 6.45) is 2.69. The monoisotopic (exact) mass is 444 g/mol. The standard InChI is InChI=1S/C22H24N4O2S.ClH/c1-14-10-15(4-6-26(2)7-8-28-3)11-17-20(14)24-21(25-22(17)27)18-12-19-16(13-23-18)5-9-29-19;/h5,9-13H,4,6-8H2,1-3H3,(H,24,25,27);1H. The van der Waals surface area contributed by atoms with E-state index in [9.17, 15) is 4.79 Å². The highest BCUT2D eigenvalue weighted by molar-refractivity contribution is 7.17. The fraction of sp³-hybridized carbons (Fsp3) is 0.318. The Hall–Kier alpha value is -2.32. The number of aromatic nitrogens is 3. The second-order valence-corrected chi connectivity index (χ2v) is 8.25. The number of rotatable bonds is 7. The molecule has 158 valence electrons. The molecule has 0 fully saturated rings. The fourth-order valence-corrected chi connectivity index (χ4v) is 4.22. The second-order valence-electron chi connectivity index (χ2n) is 7.30. The molecule has 4 rings (SSSR count). The normalized spacial score (nSPS) is 11.3. The van der Waals surface area contributed by atoms with Crippen molar-refractivity contribution in [1.82, 2.24) is 19.9 Å². The van der Waals surface area contributed by atoms with Gasteiger partial charge in [0.25, 0.3) is 5.56 Å². The molecule has 0 saturated heterocycles. The van der Waals surface area contributed by atoms with E-state index >= 15 is 0 Å². The quantitative estimate of drug-likeness (QED) is 0.465. The van der Waals surface area contributed by atoms with Gasteiger partial charge in [-0.15, -0.1) is 23.7 Å². The lowest BCUT2D eigenvalue weighted by atomic mass is 10.0. The number of halogens is 1. The lowest BCUT2D eigenvalue weighted by Gasteiger charge is -2.16. The van der Waals surface area contributed by atoms with Gasteiger partial charge in [-0.1, -0.05) is 6.07 Å². The van der Waals surface area contributed by atoms with Crippen LogP contribution in [0.25, 0.3) is 32.5 Å². The lowest BCUT2D eigenvalue weighted by Crippen LogP contribution is -2.25. The van der Waals surface area contributed by atoms with Crippen LogP contribution < -0.4 is 5.56 Å². The smallest absolute Gasteiger partial charge is 0.259 e. The van der Waals surface area contributed by atoms with Gasteiger partial charge >= 0.3 is 0 Å². The number of nitrogens with zero attached hydrogens (tertiary/aromatic N) is 3. The zero-order valence-corrected chi connectivity index (χ0v) is 18.9. The average Bonchev–Trinajstić information content (AvgIpc) is 3.19. The van der Waals surface area contributed by atoms with Gasteiger partial charge < -0.3 is 14.6 Å². The highest BCUT2D eigenvalue weighted by atomic mass is 35.5. The van der Waals surface area contributed by atoms with E-state index < -0.39 is 0 Å².